The molecule has 0 fully saturated rings. The molecule has 0 saturated carbocycles. The first kappa shape index (κ1) is 9.33. The van der Waals surface area contributed by atoms with E-state index in [1.54, 1.807) is 21.6 Å². The third-order valence-electron chi connectivity index (χ3n) is 0.636. The van der Waals surface area contributed by atoms with Crippen molar-refractivity contribution in [3.63, 3.8) is 0 Å². The fourth-order valence-electron chi connectivity index (χ4n) is 0.249. The lowest BCUT2D eigenvalue weighted by Crippen LogP contribution is -2.23. The van der Waals surface area contributed by atoms with Crippen LogP contribution >= 0.6 is 21.6 Å². The van der Waals surface area contributed by atoms with Crippen molar-refractivity contribution in [3.05, 3.63) is 0 Å². The molecule has 2 nitrogen and oxygen atoms in total. The van der Waals surface area contributed by atoms with E-state index in [0.29, 0.717) is 0 Å². The van der Waals surface area contributed by atoms with E-state index >= 15 is 0 Å². The highest BCUT2D eigenvalue weighted by molar-refractivity contribution is 8.76. The smallest absolute Gasteiger partial charge is 0.137 e. The second-order valence-corrected chi connectivity index (χ2v) is 4.29. The maximum absolute atomic E-state index is 9.95. The monoisotopic (exact) mass is 165 g/mol. The third kappa shape index (κ3) is 6.21. The number of hydrogen-bond donors (Lipinski definition) is 1. The normalized spacial score (nSPS) is 13.1. The molecule has 0 radical (unpaired) electrons. The van der Waals surface area contributed by atoms with Gasteiger partial charge in [0.15, 0.2) is 0 Å². The first-order valence-corrected chi connectivity index (χ1v) is 5.25. The predicted molar refractivity (Wildman–Crippen MR) is 44.6 cm³/mol. The van der Waals surface area contributed by atoms with E-state index in [0.717, 1.165) is 17.8 Å². The maximum atomic E-state index is 9.95. The van der Waals surface area contributed by atoms with Crippen molar-refractivity contribution >= 4 is 27.9 Å². The van der Waals surface area contributed by atoms with E-state index < -0.39 is 0 Å². The van der Waals surface area contributed by atoms with Gasteiger partial charge < -0.3 is 10.5 Å². The van der Waals surface area contributed by atoms with Crippen LogP contribution in [0.4, 0.5) is 0 Å². The fourth-order valence-corrected chi connectivity index (χ4v) is 2.01. The summed E-state index contributed by atoms with van der Waals surface area (Å²) in [4.78, 5) is 9.95. The van der Waals surface area contributed by atoms with Crippen molar-refractivity contribution in [2.75, 3.05) is 11.5 Å². The van der Waals surface area contributed by atoms with Gasteiger partial charge in [-0.05, 0) is 0 Å². The molecule has 0 aliphatic rings. The Bertz CT molecular complexity index is 79.4. The van der Waals surface area contributed by atoms with Gasteiger partial charge in [-0.15, -0.1) is 0 Å². The quantitative estimate of drug-likeness (QED) is 0.373. The van der Waals surface area contributed by atoms with Crippen LogP contribution in [-0.2, 0) is 4.79 Å². The van der Waals surface area contributed by atoms with Crippen molar-refractivity contribution in [2.24, 2.45) is 5.73 Å². The lowest BCUT2D eigenvalue weighted by Gasteiger charge is -1.99. The average molecular weight is 165 g/mol. The Labute approximate surface area is 63.3 Å². The fraction of sp³-hybridized carbons (Fsp3) is 0.800. The second kappa shape index (κ2) is 6.45. The molecule has 0 aliphatic heterocycles. The standard InChI is InChI=1S/C5H11NOS2/c1-2-8-9-4-5(6)3-7/h3,5H,2,4,6H2,1H3. The van der Waals surface area contributed by atoms with Crippen molar-refractivity contribution in [3.8, 4) is 0 Å². The van der Waals surface area contributed by atoms with Crippen molar-refractivity contribution < 1.29 is 4.79 Å². The number of nitrogens with two attached hydrogens (primary N) is 1. The molecule has 0 aliphatic carbocycles. The predicted octanol–water partition coefficient (Wildman–Crippen LogP) is 0.914. The highest BCUT2D eigenvalue weighted by Crippen LogP contribution is 2.19. The molecule has 0 saturated heterocycles. The summed E-state index contributed by atoms with van der Waals surface area (Å²) in [6.45, 7) is 2.07. The molecule has 1 atom stereocenters. The Kier molecular flexibility index (Phi) is 6.69. The van der Waals surface area contributed by atoms with Gasteiger partial charge in [0.25, 0.3) is 0 Å². The molecule has 1 unspecified atom stereocenters. The second-order valence-electron chi connectivity index (χ2n) is 1.49. The molecule has 0 aromatic rings. The van der Waals surface area contributed by atoms with Gasteiger partial charge in [0, 0.05) is 11.5 Å². The number of aldehydes is 1. The maximum Gasteiger partial charge on any atom is 0.137 e. The van der Waals surface area contributed by atoms with Gasteiger partial charge in [0.2, 0.25) is 0 Å². The molecule has 0 amide bonds. The van der Waals surface area contributed by atoms with E-state index in [2.05, 4.69) is 6.92 Å². The van der Waals surface area contributed by atoms with Crippen LogP contribution in [0.25, 0.3) is 0 Å². The van der Waals surface area contributed by atoms with Gasteiger partial charge in [-0.3, -0.25) is 0 Å². The zero-order valence-corrected chi connectivity index (χ0v) is 7.00. The highest BCUT2D eigenvalue weighted by Gasteiger charge is 1.97. The molecule has 9 heavy (non-hydrogen) atoms. The van der Waals surface area contributed by atoms with Crippen molar-refractivity contribution in [1.29, 1.82) is 0 Å². The van der Waals surface area contributed by atoms with Crippen molar-refractivity contribution in [2.45, 2.75) is 13.0 Å². The average Bonchev–Trinajstić information content (AvgIpc) is 1.89. The molecule has 0 aromatic carbocycles. The van der Waals surface area contributed by atoms with E-state index in [1.165, 1.54) is 0 Å². The van der Waals surface area contributed by atoms with Gasteiger partial charge in [0.1, 0.15) is 6.29 Å². The Balaban J connectivity index is 2.96. The SMILES string of the molecule is CCSSCC(N)C=O. The lowest BCUT2D eigenvalue weighted by atomic mass is 10.4. The summed E-state index contributed by atoms with van der Waals surface area (Å²) >= 11 is 0. The van der Waals surface area contributed by atoms with Crippen LogP contribution in [0.15, 0.2) is 0 Å². The summed E-state index contributed by atoms with van der Waals surface area (Å²) in [5, 5.41) is 0. The molecule has 0 heterocycles. The third-order valence-corrected chi connectivity index (χ3v) is 3.18. The summed E-state index contributed by atoms with van der Waals surface area (Å²) in [5.74, 6) is 1.79. The Morgan fingerprint density at radius 1 is 1.67 bits per heavy atom. The molecule has 0 aromatic heterocycles. The van der Waals surface area contributed by atoms with Crippen LogP contribution in [-0.4, -0.2) is 23.8 Å². The molecule has 2 N–H and O–H groups in total. The minimum atomic E-state index is -0.283. The van der Waals surface area contributed by atoms with E-state index in [9.17, 15) is 4.79 Å². The summed E-state index contributed by atoms with van der Waals surface area (Å²) in [7, 11) is 3.38. The van der Waals surface area contributed by atoms with Crippen LogP contribution in [0.2, 0.25) is 0 Å². The van der Waals surface area contributed by atoms with E-state index in [4.69, 9.17) is 5.73 Å². The van der Waals surface area contributed by atoms with Crippen LogP contribution in [0.1, 0.15) is 6.92 Å². The van der Waals surface area contributed by atoms with Crippen LogP contribution in [0, 0.1) is 0 Å². The summed E-state index contributed by atoms with van der Waals surface area (Å²) in [5.41, 5.74) is 5.31. The Morgan fingerprint density at radius 2 is 2.33 bits per heavy atom. The number of carbonyl (C=O) groups excluding carboxylic acids is 1. The summed E-state index contributed by atoms with van der Waals surface area (Å²) < 4.78 is 0. The number of hydrogen-bond acceptors (Lipinski definition) is 4. The number of carbonyl (C=O) groups is 1. The molecule has 0 spiro atoms. The molecular weight excluding hydrogens is 154 g/mol. The Morgan fingerprint density at radius 3 is 2.78 bits per heavy atom. The van der Waals surface area contributed by atoms with E-state index in [-0.39, 0.29) is 6.04 Å². The molecule has 54 valence electrons. The topological polar surface area (TPSA) is 43.1 Å². The first-order chi connectivity index (χ1) is 4.31. The molecular formula is C5H11NOS2. The molecule has 4 heteroatoms. The molecule has 0 bridgehead atoms. The van der Waals surface area contributed by atoms with Gasteiger partial charge in [-0.25, -0.2) is 0 Å². The first-order valence-electron chi connectivity index (χ1n) is 2.76. The van der Waals surface area contributed by atoms with Crippen molar-refractivity contribution in [1.82, 2.24) is 0 Å². The van der Waals surface area contributed by atoms with Crippen LogP contribution in [0.5, 0.6) is 0 Å². The highest BCUT2D eigenvalue weighted by atomic mass is 33.1. The van der Waals surface area contributed by atoms with Gasteiger partial charge in [-0.2, -0.15) is 0 Å². The van der Waals surface area contributed by atoms with Crippen LogP contribution < -0.4 is 5.73 Å². The minimum Gasteiger partial charge on any atom is -0.321 e. The van der Waals surface area contributed by atoms with Gasteiger partial charge in [-0.1, -0.05) is 28.5 Å². The minimum absolute atomic E-state index is 0.283. The molecule has 0 rings (SSSR count). The number of rotatable bonds is 5. The Hall–Kier alpha value is 0.330. The van der Waals surface area contributed by atoms with Crippen LogP contribution in [0.3, 0.4) is 0 Å². The zero-order valence-electron chi connectivity index (χ0n) is 5.37. The largest absolute Gasteiger partial charge is 0.321 e. The lowest BCUT2D eigenvalue weighted by molar-refractivity contribution is -0.108. The summed E-state index contributed by atoms with van der Waals surface area (Å²) in [6.07, 6.45) is 0.781. The van der Waals surface area contributed by atoms with E-state index in [1.807, 2.05) is 0 Å². The van der Waals surface area contributed by atoms with Gasteiger partial charge >= 0.3 is 0 Å². The summed E-state index contributed by atoms with van der Waals surface area (Å²) in [6, 6.07) is -0.283. The zero-order chi connectivity index (χ0) is 7.11. The van der Waals surface area contributed by atoms with Gasteiger partial charge in [0.05, 0.1) is 6.04 Å².